The summed E-state index contributed by atoms with van der Waals surface area (Å²) >= 11 is 0. The Hall–Kier alpha value is -0.820. The van der Waals surface area contributed by atoms with E-state index in [1.165, 1.54) is 31.2 Å². The van der Waals surface area contributed by atoms with Gasteiger partial charge in [0.05, 0.1) is 13.2 Å². The molecular weight excluding hydrogens is 377 g/mol. The highest BCUT2D eigenvalue weighted by atomic mass is 127. The third-order valence-corrected chi connectivity index (χ3v) is 3.57. The first-order valence-electron chi connectivity index (χ1n) is 7.47. The van der Waals surface area contributed by atoms with Crippen LogP contribution in [0.5, 0.6) is 0 Å². The molecule has 1 saturated carbocycles. The summed E-state index contributed by atoms with van der Waals surface area (Å²) in [7, 11) is 1.81. The van der Waals surface area contributed by atoms with Crippen LogP contribution in [0, 0.1) is 0 Å². The summed E-state index contributed by atoms with van der Waals surface area (Å²) < 4.78 is 5.64. The van der Waals surface area contributed by atoms with Crippen molar-refractivity contribution < 1.29 is 4.74 Å². The molecule has 1 aromatic rings. The Labute approximate surface area is 144 Å². The van der Waals surface area contributed by atoms with Gasteiger partial charge in [0, 0.05) is 19.6 Å². The van der Waals surface area contributed by atoms with E-state index in [4.69, 9.17) is 4.74 Å². The lowest BCUT2D eigenvalue weighted by molar-refractivity contribution is 0.125. The number of ether oxygens (including phenoxy) is 1. The zero-order chi connectivity index (χ0) is 14.0. The first-order chi connectivity index (χ1) is 9.88. The van der Waals surface area contributed by atoms with Gasteiger partial charge in [-0.2, -0.15) is 0 Å². The van der Waals surface area contributed by atoms with E-state index in [1.807, 2.05) is 25.2 Å². The molecule has 0 aliphatic heterocycles. The molecular formula is C16H26IN3O. The number of rotatable bonds is 6. The van der Waals surface area contributed by atoms with Crippen molar-refractivity contribution in [3.8, 4) is 0 Å². The van der Waals surface area contributed by atoms with Gasteiger partial charge in [-0.25, -0.2) is 0 Å². The lowest BCUT2D eigenvalue weighted by Gasteiger charge is -2.16. The summed E-state index contributed by atoms with van der Waals surface area (Å²) in [6.45, 7) is 2.12. The van der Waals surface area contributed by atoms with Crippen molar-refractivity contribution in [1.29, 1.82) is 0 Å². The van der Waals surface area contributed by atoms with Crippen LogP contribution >= 0.6 is 24.0 Å². The zero-order valence-electron chi connectivity index (χ0n) is 12.7. The quantitative estimate of drug-likeness (QED) is 0.332. The van der Waals surface area contributed by atoms with E-state index >= 15 is 0 Å². The summed E-state index contributed by atoms with van der Waals surface area (Å²) in [6.07, 6.45) is 5.17. The van der Waals surface area contributed by atoms with Crippen LogP contribution in [0.2, 0.25) is 0 Å². The number of nitrogens with zero attached hydrogens (tertiary/aromatic N) is 1. The topological polar surface area (TPSA) is 45.7 Å². The van der Waals surface area contributed by atoms with Crippen LogP contribution < -0.4 is 10.6 Å². The molecule has 0 aromatic heterocycles. The van der Waals surface area contributed by atoms with Gasteiger partial charge in [0.1, 0.15) is 0 Å². The Morgan fingerprint density at radius 3 is 2.62 bits per heavy atom. The van der Waals surface area contributed by atoms with Gasteiger partial charge in [0.2, 0.25) is 0 Å². The minimum atomic E-state index is 0. The molecule has 1 aromatic carbocycles. The molecule has 21 heavy (non-hydrogen) atoms. The van der Waals surface area contributed by atoms with Gasteiger partial charge in [-0.05, 0) is 18.4 Å². The zero-order valence-corrected chi connectivity index (χ0v) is 15.0. The predicted octanol–water partition coefficient (Wildman–Crippen LogP) is 2.93. The maximum absolute atomic E-state index is 5.64. The van der Waals surface area contributed by atoms with E-state index in [0.717, 1.165) is 12.5 Å². The van der Waals surface area contributed by atoms with Crippen molar-refractivity contribution in [3.63, 3.8) is 0 Å². The highest BCUT2D eigenvalue weighted by Gasteiger charge is 2.15. The summed E-state index contributed by atoms with van der Waals surface area (Å²) in [4.78, 5) is 4.25. The van der Waals surface area contributed by atoms with Crippen molar-refractivity contribution in [1.82, 2.24) is 10.6 Å². The van der Waals surface area contributed by atoms with Crippen LogP contribution in [0.15, 0.2) is 35.3 Å². The monoisotopic (exact) mass is 403 g/mol. The summed E-state index contributed by atoms with van der Waals surface area (Å²) in [6, 6.07) is 10.8. The summed E-state index contributed by atoms with van der Waals surface area (Å²) in [5, 5.41) is 6.75. The molecule has 0 spiro atoms. The number of hydrogen-bond acceptors (Lipinski definition) is 2. The second-order valence-electron chi connectivity index (χ2n) is 5.16. The molecule has 0 saturated heterocycles. The van der Waals surface area contributed by atoms with E-state index in [9.17, 15) is 0 Å². The molecule has 0 amide bonds. The van der Waals surface area contributed by atoms with Gasteiger partial charge >= 0.3 is 0 Å². The second kappa shape index (κ2) is 10.8. The molecule has 1 fully saturated rings. The molecule has 0 atom stereocenters. The van der Waals surface area contributed by atoms with Gasteiger partial charge in [-0.1, -0.05) is 43.2 Å². The van der Waals surface area contributed by atoms with Crippen LogP contribution in [0.25, 0.3) is 0 Å². The van der Waals surface area contributed by atoms with Gasteiger partial charge in [-0.3, -0.25) is 4.99 Å². The highest BCUT2D eigenvalue weighted by Crippen LogP contribution is 2.17. The number of aliphatic imine (C=N–C) groups is 1. The molecule has 0 unspecified atom stereocenters. The van der Waals surface area contributed by atoms with Crippen molar-refractivity contribution >= 4 is 29.9 Å². The van der Waals surface area contributed by atoms with Crippen molar-refractivity contribution in [2.75, 3.05) is 20.2 Å². The molecule has 0 radical (unpaired) electrons. The molecule has 2 N–H and O–H groups in total. The highest BCUT2D eigenvalue weighted by molar-refractivity contribution is 14.0. The third-order valence-electron chi connectivity index (χ3n) is 3.57. The standard InChI is InChI=1S/C16H25N3O.HI/c1-17-16(19-15-9-5-6-10-15)18-11-12-20-13-14-7-3-2-4-8-14;/h2-4,7-8,15H,5-6,9-13H2,1H3,(H2,17,18,19);1H. The Morgan fingerprint density at radius 1 is 1.24 bits per heavy atom. The lowest BCUT2D eigenvalue weighted by Crippen LogP contribution is -2.43. The molecule has 118 valence electrons. The smallest absolute Gasteiger partial charge is 0.191 e. The normalized spacial score (nSPS) is 15.6. The maximum Gasteiger partial charge on any atom is 0.191 e. The van der Waals surface area contributed by atoms with E-state index in [2.05, 4.69) is 27.8 Å². The number of halogens is 1. The predicted molar refractivity (Wildman–Crippen MR) is 98.3 cm³/mol. The van der Waals surface area contributed by atoms with E-state index < -0.39 is 0 Å². The van der Waals surface area contributed by atoms with Crippen LogP contribution in [0.4, 0.5) is 0 Å². The molecule has 4 nitrogen and oxygen atoms in total. The van der Waals surface area contributed by atoms with Crippen LogP contribution in [0.3, 0.4) is 0 Å². The average Bonchev–Trinajstić information content (AvgIpc) is 3.00. The maximum atomic E-state index is 5.64. The van der Waals surface area contributed by atoms with Crippen molar-refractivity contribution in [3.05, 3.63) is 35.9 Å². The number of benzene rings is 1. The average molecular weight is 403 g/mol. The number of guanidine groups is 1. The van der Waals surface area contributed by atoms with Crippen molar-refractivity contribution in [2.24, 2.45) is 4.99 Å². The largest absolute Gasteiger partial charge is 0.375 e. The van der Waals surface area contributed by atoms with E-state index in [-0.39, 0.29) is 24.0 Å². The fraction of sp³-hybridized carbons (Fsp3) is 0.562. The van der Waals surface area contributed by atoms with Crippen LogP contribution in [-0.2, 0) is 11.3 Å². The SMILES string of the molecule is CN=C(NCCOCc1ccccc1)NC1CCCC1.I. The molecule has 5 heteroatoms. The Bertz CT molecular complexity index is 405. The Morgan fingerprint density at radius 2 is 1.95 bits per heavy atom. The van der Waals surface area contributed by atoms with E-state index in [0.29, 0.717) is 19.3 Å². The molecule has 1 aliphatic carbocycles. The van der Waals surface area contributed by atoms with Gasteiger partial charge in [0.15, 0.2) is 5.96 Å². The van der Waals surface area contributed by atoms with Gasteiger partial charge < -0.3 is 15.4 Å². The minimum Gasteiger partial charge on any atom is -0.375 e. The molecule has 0 heterocycles. The molecule has 2 rings (SSSR count). The molecule has 0 bridgehead atoms. The van der Waals surface area contributed by atoms with Crippen LogP contribution in [-0.4, -0.2) is 32.2 Å². The number of nitrogens with one attached hydrogen (secondary N) is 2. The van der Waals surface area contributed by atoms with Gasteiger partial charge in [-0.15, -0.1) is 24.0 Å². The Kier molecular flexibility index (Phi) is 9.41. The van der Waals surface area contributed by atoms with Gasteiger partial charge in [0.25, 0.3) is 0 Å². The first kappa shape index (κ1) is 18.2. The number of hydrogen-bond donors (Lipinski definition) is 2. The fourth-order valence-corrected chi connectivity index (χ4v) is 2.46. The first-order valence-corrected chi connectivity index (χ1v) is 7.47. The lowest BCUT2D eigenvalue weighted by atomic mass is 10.2. The summed E-state index contributed by atoms with van der Waals surface area (Å²) in [5.74, 6) is 0.889. The van der Waals surface area contributed by atoms with Crippen molar-refractivity contribution in [2.45, 2.75) is 38.3 Å². The minimum absolute atomic E-state index is 0. The summed E-state index contributed by atoms with van der Waals surface area (Å²) in [5.41, 5.74) is 1.21. The third kappa shape index (κ3) is 7.13. The fourth-order valence-electron chi connectivity index (χ4n) is 2.46. The van der Waals surface area contributed by atoms with Crippen LogP contribution in [0.1, 0.15) is 31.2 Å². The molecule has 1 aliphatic rings. The Balaban J connectivity index is 0.00000220. The van der Waals surface area contributed by atoms with E-state index in [1.54, 1.807) is 0 Å². The second-order valence-corrected chi connectivity index (χ2v) is 5.16.